The second kappa shape index (κ2) is 6.51. The molecule has 0 radical (unpaired) electrons. The standard InChI is InChI=1S/C15H16N4O2/c1-19(2)12-7-5-6-11(10-12)14(20)17-18-15(21)13-8-3-4-9-16-13/h3-10H,1-2H3,(H,17,20)(H,18,21). The van der Waals surface area contributed by atoms with E-state index in [1.54, 1.807) is 36.4 Å². The molecule has 6 nitrogen and oxygen atoms in total. The third-order valence-electron chi connectivity index (χ3n) is 2.81. The Morgan fingerprint density at radius 3 is 2.43 bits per heavy atom. The van der Waals surface area contributed by atoms with Gasteiger partial charge in [0, 0.05) is 31.5 Å². The number of pyridine rings is 1. The predicted octanol–water partition coefficient (Wildman–Crippen LogP) is 1.22. The van der Waals surface area contributed by atoms with Crippen molar-refractivity contribution in [3.05, 3.63) is 59.9 Å². The third kappa shape index (κ3) is 3.79. The summed E-state index contributed by atoms with van der Waals surface area (Å²) in [6, 6.07) is 12.1. The van der Waals surface area contributed by atoms with Crippen molar-refractivity contribution in [2.24, 2.45) is 0 Å². The van der Waals surface area contributed by atoms with Crippen LogP contribution in [0.5, 0.6) is 0 Å². The van der Waals surface area contributed by atoms with E-state index in [-0.39, 0.29) is 11.6 Å². The van der Waals surface area contributed by atoms with Gasteiger partial charge in [0.25, 0.3) is 11.8 Å². The van der Waals surface area contributed by atoms with Crippen LogP contribution < -0.4 is 15.8 Å². The molecular formula is C15H16N4O2. The number of anilines is 1. The van der Waals surface area contributed by atoms with Crippen LogP contribution in [0.15, 0.2) is 48.7 Å². The SMILES string of the molecule is CN(C)c1cccc(C(=O)NNC(=O)c2ccccn2)c1. The normalized spacial score (nSPS) is 9.81. The molecule has 2 N–H and O–H groups in total. The molecule has 1 aromatic carbocycles. The number of hydrogen-bond acceptors (Lipinski definition) is 4. The Morgan fingerprint density at radius 2 is 1.76 bits per heavy atom. The maximum absolute atomic E-state index is 12.0. The Morgan fingerprint density at radius 1 is 1.00 bits per heavy atom. The first-order valence-corrected chi connectivity index (χ1v) is 6.37. The number of hydrazine groups is 1. The van der Waals surface area contributed by atoms with E-state index in [1.807, 2.05) is 25.1 Å². The Hall–Kier alpha value is -2.89. The number of nitrogens with zero attached hydrogens (tertiary/aromatic N) is 2. The minimum atomic E-state index is -0.465. The van der Waals surface area contributed by atoms with Crippen molar-refractivity contribution in [3.8, 4) is 0 Å². The van der Waals surface area contributed by atoms with Gasteiger partial charge in [-0.25, -0.2) is 0 Å². The van der Waals surface area contributed by atoms with E-state index in [0.717, 1.165) is 5.69 Å². The maximum Gasteiger partial charge on any atom is 0.288 e. The zero-order valence-electron chi connectivity index (χ0n) is 11.8. The molecule has 108 valence electrons. The molecule has 1 aromatic heterocycles. The van der Waals surface area contributed by atoms with Crippen LogP contribution in [0, 0.1) is 0 Å². The fourth-order valence-corrected chi connectivity index (χ4v) is 1.67. The maximum atomic E-state index is 12.0. The second-order valence-corrected chi connectivity index (χ2v) is 4.57. The van der Waals surface area contributed by atoms with E-state index in [2.05, 4.69) is 15.8 Å². The third-order valence-corrected chi connectivity index (χ3v) is 2.81. The minimum absolute atomic E-state index is 0.236. The number of aromatic nitrogens is 1. The summed E-state index contributed by atoms with van der Waals surface area (Å²) in [5.41, 5.74) is 6.30. The summed E-state index contributed by atoms with van der Waals surface area (Å²) in [6.07, 6.45) is 1.51. The Balaban J connectivity index is 1.99. The number of carbonyl (C=O) groups excluding carboxylic acids is 2. The lowest BCUT2D eigenvalue weighted by Crippen LogP contribution is -2.41. The highest BCUT2D eigenvalue weighted by Crippen LogP contribution is 2.12. The van der Waals surface area contributed by atoms with Gasteiger partial charge in [0.2, 0.25) is 0 Å². The molecule has 0 unspecified atom stereocenters. The molecule has 0 saturated heterocycles. The fourth-order valence-electron chi connectivity index (χ4n) is 1.67. The summed E-state index contributed by atoms with van der Waals surface area (Å²) in [4.78, 5) is 29.5. The molecule has 0 bridgehead atoms. The predicted molar refractivity (Wildman–Crippen MR) is 79.9 cm³/mol. The van der Waals surface area contributed by atoms with E-state index >= 15 is 0 Å². The first-order chi connectivity index (χ1) is 10.1. The van der Waals surface area contributed by atoms with Crippen LogP contribution in [-0.4, -0.2) is 30.9 Å². The number of nitrogens with one attached hydrogen (secondary N) is 2. The molecule has 0 aliphatic rings. The van der Waals surface area contributed by atoms with E-state index in [4.69, 9.17) is 0 Å². The van der Waals surface area contributed by atoms with Crippen LogP contribution in [0.4, 0.5) is 5.69 Å². The summed E-state index contributed by atoms with van der Waals surface area (Å²) in [5.74, 6) is -0.851. The molecule has 2 amide bonds. The van der Waals surface area contributed by atoms with Crippen molar-refractivity contribution < 1.29 is 9.59 Å². The Kier molecular flexibility index (Phi) is 4.50. The molecule has 1 heterocycles. The average Bonchev–Trinajstić information content (AvgIpc) is 2.53. The van der Waals surface area contributed by atoms with Crippen LogP contribution in [0.1, 0.15) is 20.8 Å². The van der Waals surface area contributed by atoms with Crippen molar-refractivity contribution in [1.82, 2.24) is 15.8 Å². The molecule has 0 fully saturated rings. The van der Waals surface area contributed by atoms with Gasteiger partial charge in [0.1, 0.15) is 5.69 Å². The van der Waals surface area contributed by atoms with E-state index < -0.39 is 5.91 Å². The molecule has 0 aliphatic carbocycles. The number of carbonyl (C=O) groups is 2. The Bertz CT molecular complexity index is 641. The topological polar surface area (TPSA) is 74.3 Å². The summed E-state index contributed by atoms with van der Waals surface area (Å²) in [6.45, 7) is 0. The van der Waals surface area contributed by atoms with Gasteiger partial charge in [-0.3, -0.25) is 25.4 Å². The molecule has 2 rings (SSSR count). The largest absolute Gasteiger partial charge is 0.378 e. The molecule has 0 saturated carbocycles. The lowest BCUT2D eigenvalue weighted by atomic mass is 10.2. The number of benzene rings is 1. The Labute approximate surface area is 122 Å². The highest BCUT2D eigenvalue weighted by atomic mass is 16.2. The van der Waals surface area contributed by atoms with E-state index in [9.17, 15) is 9.59 Å². The first-order valence-electron chi connectivity index (χ1n) is 6.37. The lowest BCUT2D eigenvalue weighted by molar-refractivity contribution is 0.0844. The van der Waals surface area contributed by atoms with Gasteiger partial charge in [-0.15, -0.1) is 0 Å². The molecular weight excluding hydrogens is 268 g/mol. The summed E-state index contributed by atoms with van der Waals surface area (Å²) in [5, 5.41) is 0. The fraction of sp³-hybridized carbons (Fsp3) is 0.133. The summed E-state index contributed by atoms with van der Waals surface area (Å²) in [7, 11) is 3.78. The molecule has 2 aromatic rings. The van der Waals surface area contributed by atoms with Crippen LogP contribution in [0.25, 0.3) is 0 Å². The van der Waals surface area contributed by atoms with Gasteiger partial charge in [-0.05, 0) is 30.3 Å². The number of rotatable bonds is 3. The van der Waals surface area contributed by atoms with Gasteiger partial charge in [-0.2, -0.15) is 0 Å². The van der Waals surface area contributed by atoms with Gasteiger partial charge in [0.15, 0.2) is 0 Å². The van der Waals surface area contributed by atoms with Crippen molar-refractivity contribution >= 4 is 17.5 Å². The number of hydrogen-bond donors (Lipinski definition) is 2. The lowest BCUT2D eigenvalue weighted by Gasteiger charge is -2.13. The van der Waals surface area contributed by atoms with Crippen LogP contribution in [-0.2, 0) is 0 Å². The quantitative estimate of drug-likeness (QED) is 0.831. The van der Waals surface area contributed by atoms with Crippen LogP contribution in [0.3, 0.4) is 0 Å². The van der Waals surface area contributed by atoms with Gasteiger partial charge < -0.3 is 4.90 Å². The van der Waals surface area contributed by atoms with Crippen LogP contribution >= 0.6 is 0 Å². The van der Waals surface area contributed by atoms with Crippen molar-refractivity contribution in [3.63, 3.8) is 0 Å². The van der Waals surface area contributed by atoms with Crippen LogP contribution in [0.2, 0.25) is 0 Å². The zero-order chi connectivity index (χ0) is 15.2. The molecule has 0 atom stereocenters. The average molecular weight is 284 g/mol. The highest BCUT2D eigenvalue weighted by molar-refractivity contribution is 5.98. The van der Waals surface area contributed by atoms with Gasteiger partial charge >= 0.3 is 0 Å². The molecule has 0 spiro atoms. The van der Waals surface area contributed by atoms with Crippen molar-refractivity contribution in [2.75, 3.05) is 19.0 Å². The van der Waals surface area contributed by atoms with Gasteiger partial charge in [-0.1, -0.05) is 12.1 Å². The minimum Gasteiger partial charge on any atom is -0.378 e. The monoisotopic (exact) mass is 284 g/mol. The first kappa shape index (κ1) is 14.5. The van der Waals surface area contributed by atoms with E-state index in [0.29, 0.717) is 5.56 Å². The highest BCUT2D eigenvalue weighted by Gasteiger charge is 2.10. The second-order valence-electron chi connectivity index (χ2n) is 4.57. The van der Waals surface area contributed by atoms with Crippen molar-refractivity contribution in [2.45, 2.75) is 0 Å². The smallest absolute Gasteiger partial charge is 0.288 e. The van der Waals surface area contributed by atoms with Gasteiger partial charge in [0.05, 0.1) is 0 Å². The molecule has 0 aliphatic heterocycles. The zero-order valence-corrected chi connectivity index (χ0v) is 11.8. The van der Waals surface area contributed by atoms with E-state index in [1.165, 1.54) is 6.20 Å². The number of amides is 2. The summed E-state index contributed by atoms with van der Waals surface area (Å²) < 4.78 is 0. The molecule has 21 heavy (non-hydrogen) atoms. The molecule has 6 heteroatoms. The summed E-state index contributed by atoms with van der Waals surface area (Å²) >= 11 is 0. The van der Waals surface area contributed by atoms with Crippen molar-refractivity contribution in [1.29, 1.82) is 0 Å².